The number of nitrogens with zero attached hydrogens (tertiary/aromatic N) is 1. The fourth-order valence-electron chi connectivity index (χ4n) is 1.51. The molecule has 0 spiro atoms. The van der Waals surface area contributed by atoms with Gasteiger partial charge in [0.15, 0.2) is 0 Å². The van der Waals surface area contributed by atoms with Gasteiger partial charge in [-0.25, -0.2) is 4.39 Å². The number of aromatic nitrogens is 1. The molecule has 21 heavy (non-hydrogen) atoms. The van der Waals surface area contributed by atoms with E-state index in [1.165, 1.54) is 12.1 Å². The van der Waals surface area contributed by atoms with Crippen molar-refractivity contribution in [1.29, 1.82) is 0 Å². The van der Waals surface area contributed by atoms with Gasteiger partial charge in [-0.15, -0.1) is 0 Å². The van der Waals surface area contributed by atoms with Crippen molar-refractivity contribution in [1.82, 2.24) is 4.98 Å². The van der Waals surface area contributed by atoms with E-state index in [2.05, 4.69) is 4.98 Å². The van der Waals surface area contributed by atoms with E-state index in [-0.39, 0.29) is 10.9 Å². The zero-order chi connectivity index (χ0) is 15.4. The number of nitrogen functional groups attached to an aromatic ring is 1. The van der Waals surface area contributed by atoms with E-state index in [1.54, 1.807) is 18.2 Å². The summed E-state index contributed by atoms with van der Waals surface area (Å²) in [7, 11) is 0. The first kappa shape index (κ1) is 15.4. The maximum Gasteiger partial charge on any atom is 0.240 e. The minimum atomic E-state index is -0.555. The molecule has 1 aromatic carbocycles. The van der Waals surface area contributed by atoms with Crippen molar-refractivity contribution in [2.75, 3.05) is 12.3 Å². The van der Waals surface area contributed by atoms with Crippen LogP contribution in [0.25, 0.3) is 0 Å². The first-order valence-corrected chi connectivity index (χ1v) is 6.85. The van der Waals surface area contributed by atoms with Crippen LogP contribution in [0.1, 0.15) is 13.8 Å². The van der Waals surface area contributed by atoms with Crippen molar-refractivity contribution in [3.8, 4) is 17.5 Å². The predicted molar refractivity (Wildman–Crippen MR) is 80.5 cm³/mol. The number of anilines is 1. The summed E-state index contributed by atoms with van der Waals surface area (Å²) in [6, 6.07) is 7.38. The zero-order valence-corrected chi connectivity index (χ0v) is 12.5. The van der Waals surface area contributed by atoms with Gasteiger partial charge in [0, 0.05) is 12.1 Å². The van der Waals surface area contributed by atoms with Gasteiger partial charge in [0.05, 0.1) is 17.3 Å². The van der Waals surface area contributed by atoms with E-state index in [4.69, 9.17) is 26.8 Å². The summed E-state index contributed by atoms with van der Waals surface area (Å²) in [6.45, 7) is 4.54. The van der Waals surface area contributed by atoms with Crippen molar-refractivity contribution in [2.24, 2.45) is 5.92 Å². The number of hydrogen-bond acceptors (Lipinski definition) is 4. The van der Waals surface area contributed by atoms with Crippen molar-refractivity contribution in [3.05, 3.63) is 41.2 Å². The Morgan fingerprint density at radius 2 is 2.05 bits per heavy atom. The highest BCUT2D eigenvalue weighted by atomic mass is 35.5. The lowest BCUT2D eigenvalue weighted by Crippen LogP contribution is -2.07. The molecule has 2 N–H and O–H groups in total. The van der Waals surface area contributed by atoms with Crippen molar-refractivity contribution in [2.45, 2.75) is 13.8 Å². The van der Waals surface area contributed by atoms with Gasteiger partial charge in [-0.3, -0.25) is 0 Å². The molecule has 0 amide bonds. The van der Waals surface area contributed by atoms with Crippen LogP contribution in [0.5, 0.6) is 17.5 Å². The smallest absolute Gasteiger partial charge is 0.240 e. The maximum absolute atomic E-state index is 13.4. The van der Waals surface area contributed by atoms with Gasteiger partial charge in [0.2, 0.25) is 11.8 Å². The van der Waals surface area contributed by atoms with Crippen LogP contribution in [-0.2, 0) is 0 Å². The average Bonchev–Trinajstić information content (AvgIpc) is 2.43. The molecular weight excluding hydrogens is 295 g/mol. The Kier molecular flexibility index (Phi) is 4.85. The minimum absolute atomic E-state index is 0.0357. The van der Waals surface area contributed by atoms with E-state index >= 15 is 0 Å². The molecule has 6 heteroatoms. The van der Waals surface area contributed by atoms with Gasteiger partial charge in [0.1, 0.15) is 11.6 Å². The highest BCUT2D eigenvalue weighted by Gasteiger charge is 2.08. The number of hydrogen-bond donors (Lipinski definition) is 1. The van der Waals surface area contributed by atoms with E-state index in [0.29, 0.717) is 29.8 Å². The lowest BCUT2D eigenvalue weighted by molar-refractivity contribution is 0.260. The molecule has 0 unspecified atom stereocenters. The first-order valence-electron chi connectivity index (χ1n) is 6.48. The zero-order valence-electron chi connectivity index (χ0n) is 11.8. The molecule has 1 aromatic heterocycles. The monoisotopic (exact) mass is 310 g/mol. The van der Waals surface area contributed by atoms with Crippen LogP contribution in [0.3, 0.4) is 0 Å². The Morgan fingerprint density at radius 1 is 1.29 bits per heavy atom. The Balaban J connectivity index is 2.16. The fraction of sp³-hybridized carbons (Fsp3) is 0.267. The van der Waals surface area contributed by atoms with Gasteiger partial charge < -0.3 is 15.2 Å². The van der Waals surface area contributed by atoms with Crippen LogP contribution in [0, 0.1) is 11.7 Å². The molecule has 4 nitrogen and oxygen atoms in total. The molecular formula is C15H16ClFN2O2. The molecule has 0 aliphatic heterocycles. The summed E-state index contributed by atoms with van der Waals surface area (Å²) < 4.78 is 24.3. The summed E-state index contributed by atoms with van der Waals surface area (Å²) in [5.74, 6) is 0.659. The van der Waals surface area contributed by atoms with Crippen LogP contribution >= 0.6 is 11.6 Å². The molecule has 1 heterocycles. The summed E-state index contributed by atoms with van der Waals surface area (Å²) in [6.07, 6.45) is 0. The van der Waals surface area contributed by atoms with E-state index in [9.17, 15) is 4.39 Å². The number of rotatable bonds is 5. The van der Waals surface area contributed by atoms with Gasteiger partial charge in [-0.1, -0.05) is 25.4 Å². The molecule has 0 saturated carbocycles. The van der Waals surface area contributed by atoms with Crippen LogP contribution in [0.15, 0.2) is 30.3 Å². The summed E-state index contributed by atoms with van der Waals surface area (Å²) in [4.78, 5) is 4.17. The van der Waals surface area contributed by atoms with Crippen molar-refractivity contribution in [3.63, 3.8) is 0 Å². The maximum atomic E-state index is 13.4. The van der Waals surface area contributed by atoms with Gasteiger partial charge in [-0.05, 0) is 24.1 Å². The number of pyridine rings is 1. The molecule has 112 valence electrons. The highest BCUT2D eigenvalue weighted by Crippen LogP contribution is 2.28. The molecule has 0 saturated heterocycles. The summed E-state index contributed by atoms with van der Waals surface area (Å²) in [5.41, 5.74) is 6.21. The first-order chi connectivity index (χ1) is 9.95. The average molecular weight is 311 g/mol. The fourth-order valence-corrected chi connectivity index (χ4v) is 1.63. The SMILES string of the molecule is CC(C)COc1nc(Oc2ccc(Cl)c(F)c2)ccc1N. The second-order valence-electron chi connectivity index (χ2n) is 4.93. The third-order valence-corrected chi connectivity index (χ3v) is 2.84. The molecule has 2 aromatic rings. The Hall–Kier alpha value is -2.01. The largest absolute Gasteiger partial charge is 0.476 e. The molecule has 2 rings (SSSR count). The van der Waals surface area contributed by atoms with E-state index in [0.717, 1.165) is 0 Å². The lowest BCUT2D eigenvalue weighted by Gasteiger charge is -2.11. The summed E-state index contributed by atoms with van der Waals surface area (Å²) in [5, 5.41) is 0.0357. The van der Waals surface area contributed by atoms with Crippen molar-refractivity contribution < 1.29 is 13.9 Å². The van der Waals surface area contributed by atoms with Gasteiger partial charge >= 0.3 is 0 Å². The number of nitrogens with two attached hydrogens (primary N) is 1. The van der Waals surface area contributed by atoms with Crippen LogP contribution in [0.4, 0.5) is 10.1 Å². The van der Waals surface area contributed by atoms with Gasteiger partial charge in [-0.2, -0.15) is 4.98 Å². The number of halogens is 2. The topological polar surface area (TPSA) is 57.4 Å². The molecule has 0 atom stereocenters. The van der Waals surface area contributed by atoms with E-state index < -0.39 is 5.82 Å². The van der Waals surface area contributed by atoms with Crippen LogP contribution in [0.2, 0.25) is 5.02 Å². The third-order valence-electron chi connectivity index (χ3n) is 2.53. The molecule has 0 radical (unpaired) electrons. The van der Waals surface area contributed by atoms with Crippen LogP contribution in [-0.4, -0.2) is 11.6 Å². The van der Waals surface area contributed by atoms with E-state index in [1.807, 2.05) is 13.8 Å². The Bertz CT molecular complexity index is 635. The minimum Gasteiger partial charge on any atom is -0.476 e. The number of ether oxygens (including phenoxy) is 2. The second kappa shape index (κ2) is 6.63. The second-order valence-corrected chi connectivity index (χ2v) is 5.33. The number of benzene rings is 1. The summed E-state index contributed by atoms with van der Waals surface area (Å²) >= 11 is 5.62. The Morgan fingerprint density at radius 3 is 2.71 bits per heavy atom. The normalized spacial score (nSPS) is 10.7. The standard InChI is InChI=1S/C15H16ClFN2O2/c1-9(2)8-20-15-13(18)5-6-14(19-15)21-10-3-4-11(16)12(17)7-10/h3-7,9H,8,18H2,1-2H3. The molecule has 0 fully saturated rings. The quantitative estimate of drug-likeness (QED) is 0.895. The van der Waals surface area contributed by atoms with Gasteiger partial charge in [0.25, 0.3) is 0 Å². The molecule has 0 aliphatic carbocycles. The Labute approximate surface area is 127 Å². The van der Waals surface area contributed by atoms with Crippen molar-refractivity contribution >= 4 is 17.3 Å². The third kappa shape index (κ3) is 4.23. The molecule has 0 aliphatic rings. The predicted octanol–water partition coefficient (Wildman–Crippen LogP) is 4.28. The highest BCUT2D eigenvalue weighted by molar-refractivity contribution is 6.30. The van der Waals surface area contributed by atoms with Crippen LogP contribution < -0.4 is 15.2 Å². The lowest BCUT2D eigenvalue weighted by atomic mass is 10.2. The molecule has 0 bridgehead atoms.